The van der Waals surface area contributed by atoms with Crippen LogP contribution in [-0.4, -0.2) is 16.9 Å². The lowest BCUT2D eigenvalue weighted by atomic mass is 10.3. The fourth-order valence-electron chi connectivity index (χ4n) is 1.29. The van der Waals surface area contributed by atoms with Crippen LogP contribution in [0.2, 0.25) is 0 Å². The molecule has 0 saturated heterocycles. The molecule has 5 heteroatoms. The van der Waals surface area contributed by atoms with Gasteiger partial charge in [0, 0.05) is 10.9 Å². The monoisotopic (exact) mass is 271 g/mol. The Morgan fingerprint density at radius 1 is 1.42 bits per heavy atom. The number of thiophene rings is 1. The van der Waals surface area contributed by atoms with Gasteiger partial charge < -0.3 is 11.1 Å². The van der Waals surface area contributed by atoms with Gasteiger partial charge in [-0.25, -0.2) is 4.98 Å². The van der Waals surface area contributed by atoms with E-state index in [0.29, 0.717) is 11.5 Å². The van der Waals surface area contributed by atoms with E-state index in [9.17, 15) is 4.79 Å². The Kier molecular flexibility index (Phi) is 4.29. The van der Waals surface area contributed by atoms with Crippen LogP contribution in [0.1, 0.15) is 18.2 Å². The number of rotatable bonds is 2. The van der Waals surface area contributed by atoms with Gasteiger partial charge in [-0.05, 0) is 36.4 Å². The molecule has 0 saturated carbocycles. The molecule has 2 rings (SSSR count). The van der Waals surface area contributed by atoms with E-state index in [1.807, 2.05) is 16.8 Å². The second-order valence-electron chi connectivity index (χ2n) is 3.95. The van der Waals surface area contributed by atoms with Crippen molar-refractivity contribution < 1.29 is 4.79 Å². The number of carbonyl (C=O) groups excluding carboxylic acids is 1. The number of hydrogen-bond acceptors (Lipinski definition) is 4. The Morgan fingerprint density at radius 2 is 2.26 bits per heavy atom. The van der Waals surface area contributed by atoms with Gasteiger partial charge in [-0.2, -0.15) is 11.3 Å². The first kappa shape index (κ1) is 13.3. The standard InChI is InChI=1S/C14H13N3OS/c1-10(15)14(18)17-13-4-2-3-12(16-13)6-5-11-7-8-19-9-11/h2-4,7-10H,15H2,1H3,(H,16,17,18). The molecule has 0 aliphatic rings. The first-order valence-electron chi connectivity index (χ1n) is 5.73. The van der Waals surface area contributed by atoms with Crippen molar-refractivity contribution in [3.8, 4) is 11.8 Å². The Hall–Kier alpha value is -2.16. The Labute approximate surface area is 115 Å². The zero-order valence-electron chi connectivity index (χ0n) is 10.4. The molecule has 96 valence electrons. The van der Waals surface area contributed by atoms with Crippen molar-refractivity contribution in [2.45, 2.75) is 13.0 Å². The van der Waals surface area contributed by atoms with Crippen LogP contribution in [0.15, 0.2) is 35.0 Å². The first-order chi connectivity index (χ1) is 9.15. The minimum Gasteiger partial charge on any atom is -0.320 e. The maximum atomic E-state index is 11.5. The average Bonchev–Trinajstić information content (AvgIpc) is 2.90. The van der Waals surface area contributed by atoms with Crippen LogP contribution >= 0.6 is 11.3 Å². The van der Waals surface area contributed by atoms with Gasteiger partial charge in [0.05, 0.1) is 6.04 Å². The van der Waals surface area contributed by atoms with E-state index in [1.165, 1.54) is 0 Å². The number of amides is 1. The molecule has 2 aromatic rings. The van der Waals surface area contributed by atoms with Gasteiger partial charge in [-0.15, -0.1) is 0 Å². The maximum absolute atomic E-state index is 11.5. The predicted molar refractivity (Wildman–Crippen MR) is 76.8 cm³/mol. The fourth-order valence-corrected chi connectivity index (χ4v) is 1.87. The van der Waals surface area contributed by atoms with E-state index in [1.54, 1.807) is 36.5 Å². The highest BCUT2D eigenvalue weighted by atomic mass is 32.1. The van der Waals surface area contributed by atoms with E-state index in [-0.39, 0.29) is 5.91 Å². The minimum absolute atomic E-state index is 0.268. The fraction of sp³-hybridized carbons (Fsp3) is 0.143. The van der Waals surface area contributed by atoms with E-state index >= 15 is 0 Å². The summed E-state index contributed by atoms with van der Waals surface area (Å²) in [5, 5.41) is 6.57. The molecule has 2 heterocycles. The summed E-state index contributed by atoms with van der Waals surface area (Å²) in [5.74, 6) is 6.15. The highest BCUT2D eigenvalue weighted by Crippen LogP contribution is 2.06. The molecule has 4 nitrogen and oxygen atoms in total. The third kappa shape index (κ3) is 3.91. The average molecular weight is 271 g/mol. The first-order valence-corrected chi connectivity index (χ1v) is 6.67. The predicted octanol–water partition coefficient (Wildman–Crippen LogP) is 1.83. The van der Waals surface area contributed by atoms with Crippen molar-refractivity contribution in [2.75, 3.05) is 5.32 Å². The summed E-state index contributed by atoms with van der Waals surface area (Å²) in [6.45, 7) is 1.62. The number of carbonyl (C=O) groups is 1. The van der Waals surface area contributed by atoms with E-state index in [0.717, 1.165) is 5.56 Å². The lowest BCUT2D eigenvalue weighted by Crippen LogP contribution is -2.32. The third-order valence-electron chi connectivity index (χ3n) is 2.27. The summed E-state index contributed by atoms with van der Waals surface area (Å²) in [4.78, 5) is 15.7. The van der Waals surface area contributed by atoms with Crippen LogP contribution in [-0.2, 0) is 4.79 Å². The largest absolute Gasteiger partial charge is 0.320 e. The van der Waals surface area contributed by atoms with Crippen molar-refractivity contribution in [3.05, 3.63) is 46.3 Å². The normalized spacial score (nSPS) is 11.3. The zero-order valence-corrected chi connectivity index (χ0v) is 11.2. The summed E-state index contributed by atoms with van der Waals surface area (Å²) in [7, 11) is 0. The Morgan fingerprint density at radius 3 is 2.95 bits per heavy atom. The zero-order chi connectivity index (χ0) is 13.7. The number of aromatic nitrogens is 1. The van der Waals surface area contributed by atoms with E-state index < -0.39 is 6.04 Å². The van der Waals surface area contributed by atoms with Crippen molar-refractivity contribution in [1.29, 1.82) is 0 Å². The molecule has 2 aromatic heterocycles. The van der Waals surface area contributed by atoms with E-state index in [4.69, 9.17) is 5.73 Å². The van der Waals surface area contributed by atoms with Crippen LogP contribution in [0.5, 0.6) is 0 Å². The molecule has 19 heavy (non-hydrogen) atoms. The van der Waals surface area contributed by atoms with E-state index in [2.05, 4.69) is 22.1 Å². The van der Waals surface area contributed by atoms with Gasteiger partial charge in [0.1, 0.15) is 11.5 Å². The number of pyridine rings is 1. The van der Waals surface area contributed by atoms with Crippen molar-refractivity contribution in [3.63, 3.8) is 0 Å². The maximum Gasteiger partial charge on any atom is 0.242 e. The molecular weight excluding hydrogens is 258 g/mol. The summed E-state index contributed by atoms with van der Waals surface area (Å²) in [5.41, 5.74) is 7.04. The quantitative estimate of drug-likeness (QED) is 0.819. The molecule has 0 aromatic carbocycles. The van der Waals surface area contributed by atoms with Gasteiger partial charge >= 0.3 is 0 Å². The molecule has 0 radical (unpaired) electrons. The molecule has 0 fully saturated rings. The highest BCUT2D eigenvalue weighted by molar-refractivity contribution is 7.08. The van der Waals surface area contributed by atoms with Gasteiger partial charge in [-0.3, -0.25) is 4.79 Å². The molecule has 0 spiro atoms. The molecule has 3 N–H and O–H groups in total. The van der Waals surface area contributed by atoms with Gasteiger partial charge in [0.25, 0.3) is 0 Å². The van der Waals surface area contributed by atoms with Gasteiger partial charge in [0.2, 0.25) is 5.91 Å². The molecule has 0 aliphatic carbocycles. The lowest BCUT2D eigenvalue weighted by Gasteiger charge is -2.06. The summed E-state index contributed by atoms with van der Waals surface area (Å²) < 4.78 is 0. The van der Waals surface area contributed by atoms with Gasteiger partial charge in [0.15, 0.2) is 0 Å². The molecule has 0 aliphatic heterocycles. The van der Waals surface area contributed by atoms with Crippen molar-refractivity contribution in [2.24, 2.45) is 5.73 Å². The summed E-state index contributed by atoms with van der Waals surface area (Å²) in [6, 6.07) is 6.67. The summed E-state index contributed by atoms with van der Waals surface area (Å²) in [6.07, 6.45) is 0. The second-order valence-corrected chi connectivity index (χ2v) is 4.73. The highest BCUT2D eigenvalue weighted by Gasteiger charge is 2.07. The lowest BCUT2D eigenvalue weighted by molar-refractivity contribution is -0.117. The van der Waals surface area contributed by atoms with Crippen LogP contribution in [0.3, 0.4) is 0 Å². The Balaban J connectivity index is 2.13. The molecule has 1 atom stereocenters. The third-order valence-corrected chi connectivity index (χ3v) is 2.95. The van der Waals surface area contributed by atoms with Gasteiger partial charge in [-0.1, -0.05) is 12.0 Å². The van der Waals surface area contributed by atoms with Crippen LogP contribution in [0.4, 0.5) is 5.82 Å². The number of nitrogens with zero attached hydrogens (tertiary/aromatic N) is 1. The van der Waals surface area contributed by atoms with Crippen molar-refractivity contribution >= 4 is 23.1 Å². The number of nitrogens with one attached hydrogen (secondary N) is 1. The SMILES string of the molecule is CC(N)C(=O)Nc1cccc(C#Cc2ccsc2)n1. The second kappa shape index (κ2) is 6.14. The molecule has 1 amide bonds. The summed E-state index contributed by atoms with van der Waals surface area (Å²) >= 11 is 1.60. The number of nitrogens with two attached hydrogens (primary N) is 1. The van der Waals surface area contributed by atoms with Crippen LogP contribution < -0.4 is 11.1 Å². The molecular formula is C14H13N3OS. The number of hydrogen-bond donors (Lipinski definition) is 2. The van der Waals surface area contributed by atoms with Crippen LogP contribution in [0.25, 0.3) is 0 Å². The topological polar surface area (TPSA) is 68.0 Å². The Bertz CT molecular complexity index is 624. The molecule has 0 bridgehead atoms. The molecule has 1 unspecified atom stereocenters. The smallest absolute Gasteiger partial charge is 0.242 e. The van der Waals surface area contributed by atoms with Crippen LogP contribution in [0, 0.1) is 11.8 Å². The number of anilines is 1. The minimum atomic E-state index is -0.567. The van der Waals surface area contributed by atoms with Crippen molar-refractivity contribution in [1.82, 2.24) is 4.98 Å².